The number of benzene rings is 1. The fraction of sp³-hybridized carbons (Fsp3) is 0.478. The largest absolute Gasteiger partial charge is 0.463 e. The number of aromatic nitrogens is 1. The maximum absolute atomic E-state index is 12.0. The molecule has 0 saturated carbocycles. The molecule has 1 aromatic heterocycles. The monoisotopic (exact) mass is 461 g/mol. The second-order valence-corrected chi connectivity index (χ2v) is 7.83. The highest BCUT2D eigenvalue weighted by Crippen LogP contribution is 2.41. The highest BCUT2D eigenvalue weighted by atomic mass is 16.7. The van der Waals surface area contributed by atoms with Gasteiger partial charge in [-0.1, -0.05) is 18.2 Å². The Hall–Kier alpha value is -3.40. The molecule has 0 bridgehead atoms. The SMILES string of the molecule is CC(=O)OC[C@H]1O[C@@H](c2c(C)[nH]c3ccccc23)[C@H](OC(C)=O)[C@@H](OC(C)=O)[C@H]1OC(C)=O. The summed E-state index contributed by atoms with van der Waals surface area (Å²) in [7, 11) is 0. The van der Waals surface area contributed by atoms with E-state index in [1.807, 2.05) is 31.2 Å². The molecule has 0 unspecified atom stereocenters. The molecule has 1 fully saturated rings. The molecule has 1 N–H and O–H groups in total. The van der Waals surface area contributed by atoms with E-state index in [-0.39, 0.29) is 6.61 Å². The number of carbonyl (C=O) groups is 4. The van der Waals surface area contributed by atoms with E-state index >= 15 is 0 Å². The fourth-order valence-corrected chi connectivity index (χ4v) is 4.13. The average molecular weight is 461 g/mol. The number of rotatable bonds is 6. The van der Waals surface area contributed by atoms with E-state index in [0.29, 0.717) is 5.56 Å². The van der Waals surface area contributed by atoms with Crippen LogP contribution in [0.15, 0.2) is 24.3 Å². The van der Waals surface area contributed by atoms with E-state index in [1.165, 1.54) is 27.7 Å². The summed E-state index contributed by atoms with van der Waals surface area (Å²) in [6, 6.07) is 7.49. The summed E-state index contributed by atoms with van der Waals surface area (Å²) in [5.41, 5.74) is 2.26. The molecular formula is C23H27NO9. The molecule has 2 heterocycles. The molecule has 10 nitrogen and oxygen atoms in total. The molecule has 0 radical (unpaired) electrons. The van der Waals surface area contributed by atoms with Crippen LogP contribution in [0, 0.1) is 6.92 Å². The number of H-pyrrole nitrogens is 1. The predicted octanol–water partition coefficient (Wildman–Crippen LogP) is 2.27. The van der Waals surface area contributed by atoms with E-state index in [0.717, 1.165) is 16.6 Å². The van der Waals surface area contributed by atoms with Gasteiger partial charge in [0.2, 0.25) is 0 Å². The standard InChI is InChI=1S/C23H27NO9/c1-11-19(16-8-6-7-9-17(16)24-11)21-23(32-15(5)28)22(31-14(4)27)20(30-13(3)26)18(33-21)10-29-12(2)25/h6-9,18,20-24H,10H2,1-5H3/t18-,20+,21+,22+,23+/m1/s1. The van der Waals surface area contributed by atoms with Gasteiger partial charge in [-0.15, -0.1) is 0 Å². The first-order chi connectivity index (χ1) is 15.6. The zero-order valence-electron chi connectivity index (χ0n) is 19.1. The summed E-state index contributed by atoms with van der Waals surface area (Å²) in [4.78, 5) is 50.6. The zero-order chi connectivity index (χ0) is 24.3. The molecule has 178 valence electrons. The lowest BCUT2D eigenvalue weighted by atomic mass is 9.89. The maximum Gasteiger partial charge on any atom is 0.303 e. The van der Waals surface area contributed by atoms with Crippen molar-refractivity contribution in [2.45, 2.75) is 65.1 Å². The topological polar surface area (TPSA) is 130 Å². The molecule has 3 rings (SSSR count). The molecule has 0 spiro atoms. The number of aromatic amines is 1. The number of nitrogens with one attached hydrogen (secondary N) is 1. The Morgan fingerprint density at radius 2 is 1.42 bits per heavy atom. The van der Waals surface area contributed by atoms with Crippen LogP contribution in [0.4, 0.5) is 0 Å². The molecule has 10 heteroatoms. The van der Waals surface area contributed by atoms with Gasteiger partial charge in [-0.05, 0) is 13.0 Å². The van der Waals surface area contributed by atoms with Crippen molar-refractivity contribution in [1.29, 1.82) is 0 Å². The van der Waals surface area contributed by atoms with Crippen molar-refractivity contribution in [3.05, 3.63) is 35.5 Å². The van der Waals surface area contributed by atoms with E-state index < -0.39 is 54.4 Å². The van der Waals surface area contributed by atoms with Gasteiger partial charge in [0.25, 0.3) is 0 Å². The molecule has 0 aliphatic carbocycles. The van der Waals surface area contributed by atoms with E-state index in [4.69, 9.17) is 23.7 Å². The van der Waals surface area contributed by atoms with Crippen molar-refractivity contribution in [2.24, 2.45) is 0 Å². The summed E-state index contributed by atoms with van der Waals surface area (Å²) in [5.74, 6) is -2.54. The van der Waals surface area contributed by atoms with Gasteiger partial charge >= 0.3 is 23.9 Å². The van der Waals surface area contributed by atoms with Crippen molar-refractivity contribution >= 4 is 34.8 Å². The van der Waals surface area contributed by atoms with Crippen LogP contribution in [-0.4, -0.2) is 59.9 Å². The molecule has 1 aliphatic rings. The van der Waals surface area contributed by atoms with Gasteiger partial charge in [-0.3, -0.25) is 19.2 Å². The molecule has 1 aromatic carbocycles. The van der Waals surface area contributed by atoms with Gasteiger partial charge in [0, 0.05) is 49.9 Å². The van der Waals surface area contributed by atoms with Crippen LogP contribution in [0.25, 0.3) is 10.9 Å². The van der Waals surface area contributed by atoms with Crippen molar-refractivity contribution in [3.63, 3.8) is 0 Å². The molecule has 5 atom stereocenters. The Balaban J connectivity index is 2.15. The lowest BCUT2D eigenvalue weighted by Gasteiger charge is -2.44. The van der Waals surface area contributed by atoms with Crippen LogP contribution in [0.2, 0.25) is 0 Å². The van der Waals surface area contributed by atoms with Crippen LogP contribution in [0.5, 0.6) is 0 Å². The third kappa shape index (κ3) is 5.51. The summed E-state index contributed by atoms with van der Waals surface area (Å²) >= 11 is 0. The highest BCUT2D eigenvalue weighted by molar-refractivity contribution is 5.85. The predicted molar refractivity (Wildman–Crippen MR) is 114 cm³/mol. The smallest absolute Gasteiger partial charge is 0.303 e. The molecule has 0 amide bonds. The number of ether oxygens (including phenoxy) is 5. The Bertz CT molecular complexity index is 1060. The second kappa shape index (κ2) is 10.0. The van der Waals surface area contributed by atoms with E-state index in [2.05, 4.69) is 4.98 Å². The summed E-state index contributed by atoms with van der Waals surface area (Å²) in [6.45, 7) is 6.40. The summed E-state index contributed by atoms with van der Waals surface area (Å²) < 4.78 is 27.9. The van der Waals surface area contributed by atoms with Gasteiger partial charge in [0.05, 0.1) is 0 Å². The number of hydrogen-bond acceptors (Lipinski definition) is 9. The van der Waals surface area contributed by atoms with Crippen LogP contribution >= 0.6 is 0 Å². The number of esters is 4. The van der Waals surface area contributed by atoms with Crippen LogP contribution in [-0.2, 0) is 42.9 Å². The van der Waals surface area contributed by atoms with Crippen LogP contribution in [0.3, 0.4) is 0 Å². The van der Waals surface area contributed by atoms with Gasteiger partial charge in [-0.25, -0.2) is 0 Å². The molecule has 33 heavy (non-hydrogen) atoms. The normalized spacial score (nSPS) is 24.7. The first-order valence-electron chi connectivity index (χ1n) is 10.5. The Kier molecular flexibility index (Phi) is 7.37. The van der Waals surface area contributed by atoms with Gasteiger partial charge in [0.1, 0.15) is 18.8 Å². The Morgan fingerprint density at radius 1 is 0.848 bits per heavy atom. The minimum Gasteiger partial charge on any atom is -0.463 e. The van der Waals surface area contributed by atoms with Gasteiger partial charge in [-0.2, -0.15) is 0 Å². The first-order valence-corrected chi connectivity index (χ1v) is 10.5. The van der Waals surface area contributed by atoms with Crippen molar-refractivity contribution in [1.82, 2.24) is 4.98 Å². The third-order valence-electron chi connectivity index (χ3n) is 5.22. The van der Waals surface area contributed by atoms with Crippen molar-refractivity contribution in [3.8, 4) is 0 Å². The van der Waals surface area contributed by atoms with Crippen LogP contribution in [0.1, 0.15) is 45.1 Å². The van der Waals surface area contributed by atoms with Crippen molar-refractivity contribution < 1.29 is 42.9 Å². The number of fused-ring (bicyclic) bond motifs is 1. The number of carbonyl (C=O) groups excluding carboxylic acids is 4. The van der Waals surface area contributed by atoms with E-state index in [1.54, 1.807) is 0 Å². The second-order valence-electron chi connectivity index (χ2n) is 7.83. The van der Waals surface area contributed by atoms with Crippen LogP contribution < -0.4 is 0 Å². The number of aryl methyl sites for hydroxylation is 1. The third-order valence-corrected chi connectivity index (χ3v) is 5.22. The average Bonchev–Trinajstić information content (AvgIpc) is 3.04. The Morgan fingerprint density at radius 3 is 2.03 bits per heavy atom. The lowest BCUT2D eigenvalue weighted by molar-refractivity contribution is -0.254. The Labute approximate surface area is 190 Å². The summed E-state index contributed by atoms with van der Waals surface area (Å²) in [5, 5.41) is 0.816. The molecule has 1 aliphatic heterocycles. The zero-order valence-corrected chi connectivity index (χ0v) is 19.1. The first kappa shape index (κ1) is 24.2. The molecular weight excluding hydrogens is 434 g/mol. The molecule has 1 saturated heterocycles. The molecule has 2 aromatic rings. The van der Waals surface area contributed by atoms with Crippen molar-refractivity contribution in [2.75, 3.05) is 6.61 Å². The summed E-state index contributed by atoms with van der Waals surface area (Å²) in [6.07, 6.45) is -5.43. The van der Waals surface area contributed by atoms with E-state index in [9.17, 15) is 19.2 Å². The fourth-order valence-electron chi connectivity index (χ4n) is 4.13. The minimum atomic E-state index is -1.21. The maximum atomic E-state index is 12.0. The van der Waals surface area contributed by atoms with Gasteiger partial charge < -0.3 is 28.7 Å². The quantitative estimate of drug-likeness (QED) is 0.508. The minimum absolute atomic E-state index is 0.268. The van der Waals surface area contributed by atoms with Gasteiger partial charge in [0.15, 0.2) is 18.3 Å². The highest BCUT2D eigenvalue weighted by Gasteiger charge is 2.53. The number of hydrogen-bond donors (Lipinski definition) is 1. The number of para-hydroxylation sites is 1. The lowest BCUT2D eigenvalue weighted by Crippen LogP contribution is -2.59.